The molecule has 0 unspecified atom stereocenters. The minimum Gasteiger partial charge on any atom is -0.504 e. The van der Waals surface area contributed by atoms with Crippen molar-refractivity contribution in [1.82, 2.24) is 5.32 Å². The van der Waals surface area contributed by atoms with Gasteiger partial charge in [-0.25, -0.2) is 0 Å². The van der Waals surface area contributed by atoms with Gasteiger partial charge in [0.25, 0.3) is 0 Å². The molecule has 9 heteroatoms. The smallest absolute Gasteiger partial charge is 0.200 e. The van der Waals surface area contributed by atoms with Gasteiger partial charge in [-0.05, 0) is 104 Å². The third-order valence-electron chi connectivity index (χ3n) is 9.21. The number of hydrogen-bond acceptors (Lipinski definition) is 9. The number of aliphatic hydroxyl groups is 1. The summed E-state index contributed by atoms with van der Waals surface area (Å²) in [5.41, 5.74) is 9.37. The van der Waals surface area contributed by atoms with E-state index in [9.17, 15) is 25.2 Å². The number of ether oxygens (including phenoxy) is 2. The number of rotatable bonds is 17. The number of hydrogen-bond donors (Lipinski definition) is 6. The summed E-state index contributed by atoms with van der Waals surface area (Å²) in [6, 6.07) is 28.8. The van der Waals surface area contributed by atoms with Gasteiger partial charge in [0.1, 0.15) is 18.6 Å². The van der Waals surface area contributed by atoms with Crippen LogP contribution in [0, 0.1) is 0 Å². The SMILES string of the molecule is NCOc1cc(CCC(=O)C[C@H](O)C[C@H](CCc2ccccc2)c2cc(O)c(O)c(O[C@H]3CCN[C@H](Cc4ccccc4)C3)c2)ccc1O. The molecule has 4 atom stereocenters. The Morgan fingerprint density at radius 1 is 0.857 bits per heavy atom. The lowest BCUT2D eigenvalue weighted by molar-refractivity contribution is -0.121. The summed E-state index contributed by atoms with van der Waals surface area (Å²) >= 11 is 0. The van der Waals surface area contributed by atoms with E-state index in [2.05, 4.69) is 29.6 Å². The van der Waals surface area contributed by atoms with Gasteiger partial charge in [0, 0.05) is 18.9 Å². The molecule has 0 spiro atoms. The van der Waals surface area contributed by atoms with Crippen LogP contribution in [0.1, 0.15) is 66.7 Å². The fourth-order valence-corrected chi connectivity index (χ4v) is 6.63. The first kappa shape index (κ1) is 35.7. The fraction of sp³-hybridized carbons (Fsp3) is 0.375. The van der Waals surface area contributed by atoms with Crippen LogP contribution in [0.25, 0.3) is 0 Å². The molecule has 1 fully saturated rings. The summed E-state index contributed by atoms with van der Waals surface area (Å²) < 4.78 is 11.6. The maximum atomic E-state index is 13.0. The molecule has 0 aliphatic carbocycles. The summed E-state index contributed by atoms with van der Waals surface area (Å²) in [5.74, 6) is -0.405. The summed E-state index contributed by atoms with van der Waals surface area (Å²) in [4.78, 5) is 13.0. The summed E-state index contributed by atoms with van der Waals surface area (Å²) in [7, 11) is 0. The minimum absolute atomic E-state index is 0.0165. The van der Waals surface area contributed by atoms with Crippen LogP contribution in [-0.4, -0.2) is 57.7 Å². The van der Waals surface area contributed by atoms with Gasteiger partial charge in [-0.1, -0.05) is 66.7 Å². The molecule has 1 aliphatic heterocycles. The normalized spacial score (nSPS) is 17.3. The number of phenols is 3. The van der Waals surface area contributed by atoms with E-state index in [0.717, 1.165) is 48.9 Å². The summed E-state index contributed by atoms with van der Waals surface area (Å²) in [5, 5.41) is 46.3. The van der Waals surface area contributed by atoms with E-state index in [-0.39, 0.29) is 72.2 Å². The van der Waals surface area contributed by atoms with Gasteiger partial charge in [-0.15, -0.1) is 0 Å². The van der Waals surface area contributed by atoms with Crippen molar-refractivity contribution in [2.24, 2.45) is 5.73 Å². The van der Waals surface area contributed by atoms with Crippen LogP contribution in [-0.2, 0) is 24.1 Å². The Morgan fingerprint density at radius 2 is 1.59 bits per heavy atom. The molecule has 7 N–H and O–H groups in total. The third kappa shape index (κ3) is 10.7. The zero-order valence-corrected chi connectivity index (χ0v) is 27.8. The molecule has 0 amide bonds. The molecule has 5 rings (SSSR count). The topological polar surface area (TPSA) is 154 Å². The molecule has 0 radical (unpaired) electrons. The van der Waals surface area contributed by atoms with E-state index in [0.29, 0.717) is 19.3 Å². The monoisotopic (exact) mass is 668 g/mol. The molecule has 1 aliphatic rings. The quantitative estimate of drug-likeness (QED) is 0.0596. The van der Waals surface area contributed by atoms with E-state index in [4.69, 9.17) is 15.2 Å². The van der Waals surface area contributed by atoms with Gasteiger partial charge in [0.2, 0.25) is 5.75 Å². The van der Waals surface area contributed by atoms with E-state index >= 15 is 0 Å². The zero-order chi connectivity index (χ0) is 34.6. The van der Waals surface area contributed by atoms with Gasteiger partial charge in [-0.3, -0.25) is 10.5 Å². The molecule has 4 aromatic carbocycles. The molecule has 0 aromatic heterocycles. The average Bonchev–Trinajstić information content (AvgIpc) is 3.10. The number of carbonyl (C=O) groups excluding carboxylic acids is 1. The molecule has 9 nitrogen and oxygen atoms in total. The highest BCUT2D eigenvalue weighted by Crippen LogP contribution is 2.42. The number of phenolic OH excluding ortho intramolecular Hbond substituents is 3. The van der Waals surface area contributed by atoms with Crippen molar-refractivity contribution in [1.29, 1.82) is 0 Å². The first-order chi connectivity index (χ1) is 23.8. The highest BCUT2D eigenvalue weighted by molar-refractivity contribution is 5.79. The molecule has 1 saturated heterocycles. The van der Waals surface area contributed by atoms with Crippen molar-refractivity contribution >= 4 is 5.78 Å². The van der Waals surface area contributed by atoms with Gasteiger partial charge in [-0.2, -0.15) is 0 Å². The predicted molar refractivity (Wildman–Crippen MR) is 189 cm³/mol. The van der Waals surface area contributed by atoms with Crippen LogP contribution in [0.15, 0.2) is 91.0 Å². The van der Waals surface area contributed by atoms with Gasteiger partial charge >= 0.3 is 0 Å². The lowest BCUT2D eigenvalue weighted by atomic mass is 9.86. The molecule has 0 bridgehead atoms. The maximum absolute atomic E-state index is 13.0. The van der Waals surface area contributed by atoms with Crippen LogP contribution < -0.4 is 20.5 Å². The number of Topliss-reactive ketones (excluding diaryl/α,β-unsaturated/α-hetero) is 1. The van der Waals surface area contributed by atoms with Crippen LogP contribution in [0.4, 0.5) is 0 Å². The highest BCUT2D eigenvalue weighted by Gasteiger charge is 2.27. The molecule has 49 heavy (non-hydrogen) atoms. The number of carbonyl (C=O) groups is 1. The Labute approximate surface area is 288 Å². The van der Waals surface area contributed by atoms with E-state index in [1.54, 1.807) is 24.3 Å². The lowest BCUT2D eigenvalue weighted by Crippen LogP contribution is -2.43. The van der Waals surface area contributed by atoms with Crippen molar-refractivity contribution in [2.75, 3.05) is 13.3 Å². The Balaban J connectivity index is 1.26. The molecular formula is C40H48N2O7. The van der Waals surface area contributed by atoms with E-state index in [1.807, 2.05) is 36.4 Å². The standard InChI is InChI=1S/C40H48N2O7/c41-26-48-38-20-29(13-16-36(38)45)12-15-33(43)25-34(44)21-30(14-11-27-7-3-1-4-8-27)31-22-37(46)40(47)39(23-31)49-35-17-18-42-32(24-35)19-28-9-5-2-6-10-28/h1-10,13,16,20,22-23,30,32,34-35,42,44-47H,11-12,14-15,17-19,21,24-26,41H2/t30-,32+,34+,35-/m0/s1. The number of aromatic hydroxyl groups is 3. The van der Waals surface area contributed by atoms with Gasteiger partial charge in [0.05, 0.1) is 6.10 Å². The van der Waals surface area contributed by atoms with Crippen molar-refractivity contribution in [3.8, 4) is 28.7 Å². The summed E-state index contributed by atoms with van der Waals surface area (Å²) in [6.45, 7) is 0.706. The van der Waals surface area contributed by atoms with Crippen molar-refractivity contribution in [2.45, 2.75) is 82.0 Å². The Morgan fingerprint density at radius 3 is 2.33 bits per heavy atom. The zero-order valence-electron chi connectivity index (χ0n) is 27.8. The molecule has 0 saturated carbocycles. The minimum atomic E-state index is -0.910. The van der Waals surface area contributed by atoms with Crippen LogP contribution in [0.2, 0.25) is 0 Å². The number of aryl methyl sites for hydroxylation is 2. The first-order valence-electron chi connectivity index (χ1n) is 17.2. The van der Waals surface area contributed by atoms with Crippen LogP contribution in [0.3, 0.4) is 0 Å². The number of nitrogens with two attached hydrogens (primary N) is 1. The molecule has 4 aromatic rings. The van der Waals surface area contributed by atoms with Crippen LogP contribution >= 0.6 is 0 Å². The Hall–Kier alpha value is -4.57. The predicted octanol–water partition coefficient (Wildman–Crippen LogP) is 5.90. The largest absolute Gasteiger partial charge is 0.504 e. The van der Waals surface area contributed by atoms with Crippen molar-refractivity contribution in [3.63, 3.8) is 0 Å². The van der Waals surface area contributed by atoms with E-state index in [1.165, 1.54) is 11.6 Å². The summed E-state index contributed by atoms with van der Waals surface area (Å²) in [6.07, 6.45) is 3.64. The van der Waals surface area contributed by atoms with Crippen molar-refractivity contribution < 1.29 is 34.7 Å². The van der Waals surface area contributed by atoms with Gasteiger partial charge < -0.3 is 35.2 Å². The number of ketones is 1. The number of aliphatic hydroxyl groups excluding tert-OH is 1. The third-order valence-corrected chi connectivity index (χ3v) is 9.21. The Kier molecular flexibility index (Phi) is 12.9. The second-order valence-corrected chi connectivity index (χ2v) is 13.0. The molecule has 1 heterocycles. The maximum Gasteiger partial charge on any atom is 0.200 e. The van der Waals surface area contributed by atoms with Crippen molar-refractivity contribution in [3.05, 3.63) is 113 Å². The highest BCUT2D eigenvalue weighted by atomic mass is 16.5. The fourth-order valence-electron chi connectivity index (χ4n) is 6.63. The number of nitrogens with one attached hydrogen (secondary N) is 1. The number of benzene rings is 4. The average molecular weight is 669 g/mol. The van der Waals surface area contributed by atoms with E-state index < -0.39 is 6.10 Å². The van der Waals surface area contributed by atoms with Crippen LogP contribution in [0.5, 0.6) is 28.7 Å². The first-order valence-corrected chi connectivity index (χ1v) is 17.2. The van der Waals surface area contributed by atoms with Gasteiger partial charge in [0.15, 0.2) is 23.0 Å². The lowest BCUT2D eigenvalue weighted by Gasteiger charge is -2.31. The molecular weight excluding hydrogens is 620 g/mol. The second-order valence-electron chi connectivity index (χ2n) is 13.0. The number of piperidine rings is 1. The second kappa shape index (κ2) is 17.7. The molecule has 260 valence electrons. The Bertz CT molecular complexity index is 1630.